The number of amides is 1. The zero-order valence-corrected chi connectivity index (χ0v) is 18.2. The number of rotatable bonds is 7. The lowest BCUT2D eigenvalue weighted by molar-refractivity contribution is 0.100. The van der Waals surface area contributed by atoms with Gasteiger partial charge in [0.1, 0.15) is 0 Å². The molecule has 0 aliphatic carbocycles. The van der Waals surface area contributed by atoms with E-state index in [9.17, 15) is 9.90 Å². The molecule has 0 fully saturated rings. The van der Waals surface area contributed by atoms with E-state index in [0.717, 1.165) is 18.8 Å². The molecule has 0 unspecified atom stereocenters. The molecular weight excluding hydrogens is 400 g/mol. The average molecular weight is 427 g/mol. The second-order valence-electron chi connectivity index (χ2n) is 7.99. The van der Waals surface area contributed by atoms with Gasteiger partial charge in [0, 0.05) is 29.6 Å². The van der Waals surface area contributed by atoms with Crippen molar-refractivity contribution < 1.29 is 9.90 Å². The number of nitrogens with zero attached hydrogens (tertiary/aromatic N) is 2. The van der Waals surface area contributed by atoms with Crippen LogP contribution in [0.25, 0.3) is 10.9 Å². The summed E-state index contributed by atoms with van der Waals surface area (Å²) in [4.78, 5) is 21.4. The zero-order chi connectivity index (χ0) is 22.7. The van der Waals surface area contributed by atoms with E-state index >= 15 is 0 Å². The maximum atomic E-state index is 11.6. The minimum atomic E-state index is -0.513. The van der Waals surface area contributed by atoms with Gasteiger partial charge < -0.3 is 15.8 Å². The van der Waals surface area contributed by atoms with Crippen molar-refractivity contribution in [1.29, 1.82) is 0 Å². The molecule has 32 heavy (non-hydrogen) atoms. The lowest BCUT2D eigenvalue weighted by Crippen LogP contribution is -2.17. The third kappa shape index (κ3) is 4.71. The Kier molecular flexibility index (Phi) is 6.05. The predicted octanol–water partition coefficient (Wildman–Crippen LogP) is 4.75. The van der Waals surface area contributed by atoms with Gasteiger partial charge in [0.25, 0.3) is 0 Å². The average Bonchev–Trinajstić information content (AvgIpc) is 3.10. The highest BCUT2D eigenvalue weighted by molar-refractivity contribution is 6.13. The fourth-order valence-electron chi connectivity index (χ4n) is 3.89. The molecule has 0 bridgehead atoms. The molecule has 4 N–H and O–H groups in total. The standard InChI is InChI=1S/C26H26N4O2/c1-17(24-22-14-20(25(27)31)10-13-23(22)29-26(24)32)28-21-11-8-19(9-12-21)16-30(2)15-18-6-4-3-5-7-18/h3-14,29,32H,15-16H2,1-2H3,(H2,27,31). The van der Waals surface area contributed by atoms with Crippen molar-refractivity contribution in [3.05, 3.63) is 95.1 Å². The number of aromatic nitrogens is 1. The van der Waals surface area contributed by atoms with Gasteiger partial charge in [0.15, 0.2) is 5.88 Å². The van der Waals surface area contributed by atoms with Crippen molar-refractivity contribution in [2.45, 2.75) is 20.0 Å². The van der Waals surface area contributed by atoms with Gasteiger partial charge in [0.2, 0.25) is 5.91 Å². The van der Waals surface area contributed by atoms with Gasteiger partial charge in [-0.2, -0.15) is 0 Å². The van der Waals surface area contributed by atoms with Gasteiger partial charge in [-0.15, -0.1) is 0 Å². The molecule has 0 saturated heterocycles. The smallest absolute Gasteiger partial charge is 0.248 e. The normalized spacial score (nSPS) is 11.9. The summed E-state index contributed by atoms with van der Waals surface area (Å²) in [6.45, 7) is 3.55. The number of H-pyrrole nitrogens is 1. The molecule has 0 aliphatic rings. The SMILES string of the molecule is CC(=Nc1ccc(CN(C)Cc2ccccc2)cc1)c1c(O)[nH]c2ccc(C(N)=O)cc12. The van der Waals surface area contributed by atoms with Crippen LogP contribution in [0.2, 0.25) is 0 Å². The molecule has 3 aromatic carbocycles. The van der Waals surface area contributed by atoms with Crippen LogP contribution in [-0.2, 0) is 13.1 Å². The Hall–Kier alpha value is -3.90. The first-order valence-electron chi connectivity index (χ1n) is 10.4. The van der Waals surface area contributed by atoms with Crippen LogP contribution in [0.15, 0.2) is 77.8 Å². The minimum Gasteiger partial charge on any atom is -0.494 e. The van der Waals surface area contributed by atoms with Crippen LogP contribution >= 0.6 is 0 Å². The zero-order valence-electron chi connectivity index (χ0n) is 18.2. The summed E-state index contributed by atoms with van der Waals surface area (Å²) in [5, 5.41) is 11.1. The van der Waals surface area contributed by atoms with Crippen molar-refractivity contribution in [2.75, 3.05) is 7.05 Å². The Morgan fingerprint density at radius 2 is 1.66 bits per heavy atom. The molecule has 4 aromatic rings. The highest BCUT2D eigenvalue weighted by atomic mass is 16.3. The number of carbonyl (C=O) groups excluding carboxylic acids is 1. The first kappa shape index (κ1) is 21.3. The fourth-order valence-corrected chi connectivity index (χ4v) is 3.89. The van der Waals surface area contributed by atoms with Gasteiger partial charge >= 0.3 is 0 Å². The molecule has 4 rings (SSSR count). The number of primary amides is 1. The number of carbonyl (C=O) groups is 1. The number of hydrogen-bond donors (Lipinski definition) is 3. The Morgan fingerprint density at radius 1 is 1.00 bits per heavy atom. The van der Waals surface area contributed by atoms with Crippen molar-refractivity contribution in [2.24, 2.45) is 10.7 Å². The van der Waals surface area contributed by atoms with Gasteiger partial charge in [-0.25, -0.2) is 0 Å². The van der Waals surface area contributed by atoms with Crippen LogP contribution in [0.4, 0.5) is 5.69 Å². The first-order chi connectivity index (χ1) is 15.4. The van der Waals surface area contributed by atoms with Crippen molar-refractivity contribution >= 4 is 28.2 Å². The number of aromatic hydroxyl groups is 1. The molecule has 1 aromatic heterocycles. The summed E-state index contributed by atoms with van der Waals surface area (Å²) >= 11 is 0. The van der Waals surface area contributed by atoms with Gasteiger partial charge in [-0.1, -0.05) is 42.5 Å². The quantitative estimate of drug-likeness (QED) is 0.372. The number of hydrogen-bond acceptors (Lipinski definition) is 4. The maximum Gasteiger partial charge on any atom is 0.248 e. The van der Waals surface area contributed by atoms with Crippen molar-refractivity contribution in [1.82, 2.24) is 9.88 Å². The van der Waals surface area contributed by atoms with Crippen LogP contribution in [0.1, 0.15) is 34.0 Å². The third-order valence-electron chi connectivity index (χ3n) is 5.41. The summed E-state index contributed by atoms with van der Waals surface area (Å²) < 4.78 is 0. The minimum absolute atomic E-state index is 0.0158. The summed E-state index contributed by atoms with van der Waals surface area (Å²) in [5.41, 5.74) is 11.0. The number of aromatic amines is 1. The lowest BCUT2D eigenvalue weighted by Gasteiger charge is -2.17. The van der Waals surface area contributed by atoms with E-state index in [0.29, 0.717) is 27.7 Å². The van der Waals surface area contributed by atoms with Gasteiger partial charge in [0.05, 0.1) is 17.0 Å². The number of nitrogens with two attached hydrogens (primary N) is 1. The van der Waals surface area contributed by atoms with E-state index in [2.05, 4.69) is 58.3 Å². The number of aliphatic imine (C=N–C) groups is 1. The Bertz CT molecular complexity index is 1270. The van der Waals surface area contributed by atoms with Crippen LogP contribution in [0.5, 0.6) is 5.88 Å². The second kappa shape index (κ2) is 9.08. The van der Waals surface area contributed by atoms with Crippen LogP contribution < -0.4 is 5.73 Å². The van der Waals surface area contributed by atoms with Gasteiger partial charge in [-0.05, 0) is 55.4 Å². The number of fused-ring (bicyclic) bond motifs is 1. The Balaban J connectivity index is 1.52. The molecule has 0 saturated carbocycles. The van der Waals surface area contributed by atoms with Crippen LogP contribution in [0.3, 0.4) is 0 Å². The molecule has 0 atom stereocenters. The lowest BCUT2D eigenvalue weighted by atomic mass is 10.1. The monoisotopic (exact) mass is 426 g/mol. The highest BCUT2D eigenvalue weighted by Gasteiger charge is 2.15. The molecule has 0 spiro atoms. The molecule has 6 heteroatoms. The molecule has 0 aliphatic heterocycles. The van der Waals surface area contributed by atoms with E-state index in [1.807, 2.05) is 25.1 Å². The maximum absolute atomic E-state index is 11.6. The molecule has 6 nitrogen and oxygen atoms in total. The third-order valence-corrected chi connectivity index (χ3v) is 5.41. The van der Waals surface area contributed by atoms with Crippen molar-refractivity contribution in [3.8, 4) is 5.88 Å². The number of benzene rings is 3. The largest absolute Gasteiger partial charge is 0.494 e. The summed E-state index contributed by atoms with van der Waals surface area (Å²) in [7, 11) is 2.10. The molecule has 1 amide bonds. The summed E-state index contributed by atoms with van der Waals surface area (Å²) in [6.07, 6.45) is 0. The molecule has 162 valence electrons. The van der Waals surface area contributed by atoms with E-state index in [4.69, 9.17) is 5.73 Å². The topological polar surface area (TPSA) is 94.7 Å². The van der Waals surface area contributed by atoms with Crippen LogP contribution in [0, 0.1) is 0 Å². The molecular formula is C26H26N4O2. The second-order valence-corrected chi connectivity index (χ2v) is 7.99. The van der Waals surface area contributed by atoms with E-state index in [1.165, 1.54) is 11.1 Å². The molecule has 1 heterocycles. The summed E-state index contributed by atoms with van der Waals surface area (Å²) in [6, 6.07) is 23.5. The van der Waals surface area contributed by atoms with E-state index in [1.54, 1.807) is 18.2 Å². The van der Waals surface area contributed by atoms with Crippen LogP contribution in [-0.4, -0.2) is 33.7 Å². The number of nitrogens with one attached hydrogen (secondary N) is 1. The fraction of sp³-hybridized carbons (Fsp3) is 0.154. The highest BCUT2D eigenvalue weighted by Crippen LogP contribution is 2.30. The van der Waals surface area contributed by atoms with E-state index < -0.39 is 5.91 Å². The Morgan fingerprint density at radius 3 is 2.31 bits per heavy atom. The predicted molar refractivity (Wildman–Crippen MR) is 128 cm³/mol. The summed E-state index contributed by atoms with van der Waals surface area (Å²) in [5.74, 6) is -0.497. The van der Waals surface area contributed by atoms with Crippen molar-refractivity contribution in [3.63, 3.8) is 0 Å². The van der Waals surface area contributed by atoms with E-state index in [-0.39, 0.29) is 5.88 Å². The Labute approximate surface area is 187 Å². The van der Waals surface area contributed by atoms with Gasteiger partial charge in [-0.3, -0.25) is 14.7 Å². The first-order valence-corrected chi connectivity index (χ1v) is 10.4. The molecule has 0 radical (unpaired) electrons.